The zero-order valence-electron chi connectivity index (χ0n) is 9.97. The van der Waals surface area contributed by atoms with E-state index in [4.69, 9.17) is 5.11 Å². The Kier molecular flexibility index (Phi) is 4.37. The van der Waals surface area contributed by atoms with E-state index in [1.54, 1.807) is 12.1 Å². The summed E-state index contributed by atoms with van der Waals surface area (Å²) < 4.78 is 0.811. The van der Waals surface area contributed by atoms with Crippen LogP contribution in [0.2, 0.25) is 0 Å². The first-order chi connectivity index (χ1) is 8.61. The van der Waals surface area contributed by atoms with Gasteiger partial charge in [-0.1, -0.05) is 22.0 Å². The number of hydrogen-bond acceptors (Lipinski definition) is 3. The molecular formula is C13H16BrNO3. The molecule has 1 aliphatic rings. The number of likely N-dealkylation sites (tertiary alicyclic amines) is 1. The van der Waals surface area contributed by atoms with Gasteiger partial charge in [0.15, 0.2) is 0 Å². The molecular weight excluding hydrogens is 298 g/mol. The number of carboxylic acids is 1. The van der Waals surface area contributed by atoms with Crippen molar-refractivity contribution in [3.63, 3.8) is 0 Å². The largest absolute Gasteiger partial charge is 0.478 e. The van der Waals surface area contributed by atoms with Crippen molar-refractivity contribution in [3.8, 4) is 0 Å². The first kappa shape index (κ1) is 13.5. The van der Waals surface area contributed by atoms with Gasteiger partial charge in [0.2, 0.25) is 0 Å². The number of rotatable bonds is 4. The monoisotopic (exact) mass is 313 g/mol. The molecule has 1 saturated heterocycles. The number of carbonyl (C=O) groups is 1. The van der Waals surface area contributed by atoms with Crippen molar-refractivity contribution >= 4 is 21.9 Å². The minimum atomic E-state index is -0.920. The van der Waals surface area contributed by atoms with Crippen molar-refractivity contribution in [2.75, 3.05) is 13.2 Å². The molecule has 5 heteroatoms. The Bertz CT molecular complexity index is 450. The molecule has 0 bridgehead atoms. The molecule has 4 nitrogen and oxygen atoms in total. The first-order valence-corrected chi connectivity index (χ1v) is 6.77. The van der Waals surface area contributed by atoms with Crippen molar-refractivity contribution in [3.05, 3.63) is 33.8 Å². The maximum atomic E-state index is 10.8. The van der Waals surface area contributed by atoms with Gasteiger partial charge in [0, 0.05) is 17.1 Å². The molecule has 98 valence electrons. The van der Waals surface area contributed by atoms with Gasteiger partial charge in [0.1, 0.15) is 0 Å². The summed E-state index contributed by atoms with van der Waals surface area (Å²) in [5, 5.41) is 18.2. The zero-order chi connectivity index (χ0) is 13.1. The molecule has 0 amide bonds. The second-order valence-electron chi connectivity index (χ2n) is 4.56. The van der Waals surface area contributed by atoms with Gasteiger partial charge in [-0.2, -0.15) is 0 Å². The lowest BCUT2D eigenvalue weighted by molar-refractivity contribution is 0.0697. The predicted octanol–water partition coefficient (Wildman–Crippen LogP) is 2.10. The molecule has 0 aliphatic carbocycles. The van der Waals surface area contributed by atoms with Crippen LogP contribution < -0.4 is 0 Å². The summed E-state index contributed by atoms with van der Waals surface area (Å²) in [6, 6.07) is 5.31. The summed E-state index contributed by atoms with van der Waals surface area (Å²) in [7, 11) is 0. The molecule has 0 radical (unpaired) electrons. The number of hydrogen-bond donors (Lipinski definition) is 2. The van der Waals surface area contributed by atoms with Gasteiger partial charge in [-0.25, -0.2) is 4.79 Å². The van der Waals surface area contributed by atoms with Gasteiger partial charge >= 0.3 is 5.97 Å². The Hall–Kier alpha value is -0.910. The van der Waals surface area contributed by atoms with Crippen molar-refractivity contribution in [2.24, 2.45) is 0 Å². The van der Waals surface area contributed by atoms with Crippen LogP contribution in [-0.2, 0) is 6.54 Å². The third kappa shape index (κ3) is 2.91. The maximum Gasteiger partial charge on any atom is 0.335 e. The number of nitrogens with zero attached hydrogens (tertiary/aromatic N) is 1. The van der Waals surface area contributed by atoms with Crippen LogP contribution in [0.5, 0.6) is 0 Å². The fourth-order valence-corrected chi connectivity index (χ4v) is 2.84. The second kappa shape index (κ2) is 5.82. The number of aromatic carboxylic acids is 1. The summed E-state index contributed by atoms with van der Waals surface area (Å²) in [4.78, 5) is 13.1. The van der Waals surface area contributed by atoms with Crippen LogP contribution in [0.15, 0.2) is 22.7 Å². The fraction of sp³-hybridized carbons (Fsp3) is 0.462. The Morgan fingerprint density at radius 3 is 2.89 bits per heavy atom. The number of halogens is 1. The fourth-order valence-electron chi connectivity index (χ4n) is 2.34. The van der Waals surface area contributed by atoms with Crippen molar-refractivity contribution < 1.29 is 15.0 Å². The molecule has 1 atom stereocenters. The van der Waals surface area contributed by atoms with E-state index in [-0.39, 0.29) is 18.2 Å². The topological polar surface area (TPSA) is 60.8 Å². The Balaban J connectivity index is 2.12. The SMILES string of the molecule is O=C(O)c1ccc(CN2CCCC2CO)c(Br)c1. The van der Waals surface area contributed by atoms with Crippen LogP contribution in [-0.4, -0.2) is 40.3 Å². The van der Waals surface area contributed by atoms with Crippen LogP contribution in [0.1, 0.15) is 28.8 Å². The molecule has 1 aromatic rings. The van der Waals surface area contributed by atoms with Crippen molar-refractivity contribution in [1.82, 2.24) is 4.90 Å². The van der Waals surface area contributed by atoms with Gasteiger partial charge in [0.25, 0.3) is 0 Å². The maximum absolute atomic E-state index is 10.8. The van der Waals surface area contributed by atoms with Crippen LogP contribution in [0.3, 0.4) is 0 Å². The van der Waals surface area contributed by atoms with E-state index in [1.165, 1.54) is 0 Å². The highest BCUT2D eigenvalue weighted by atomic mass is 79.9. The highest BCUT2D eigenvalue weighted by Gasteiger charge is 2.24. The molecule has 2 N–H and O–H groups in total. The van der Waals surface area contributed by atoms with E-state index in [1.807, 2.05) is 6.07 Å². The minimum Gasteiger partial charge on any atom is -0.478 e. The van der Waals surface area contributed by atoms with Crippen LogP contribution >= 0.6 is 15.9 Å². The van der Waals surface area contributed by atoms with Crippen LogP contribution in [0.4, 0.5) is 0 Å². The van der Waals surface area contributed by atoms with Crippen molar-refractivity contribution in [2.45, 2.75) is 25.4 Å². The normalized spacial score (nSPS) is 20.2. The molecule has 0 spiro atoms. The van der Waals surface area contributed by atoms with Gasteiger partial charge in [-0.15, -0.1) is 0 Å². The highest BCUT2D eigenvalue weighted by Crippen LogP contribution is 2.24. The standard InChI is InChI=1S/C13H16BrNO3/c14-12-6-9(13(17)18)3-4-10(12)7-15-5-1-2-11(15)8-16/h3-4,6,11,16H,1-2,5,7-8H2,(H,17,18). The number of benzene rings is 1. The lowest BCUT2D eigenvalue weighted by Crippen LogP contribution is -2.31. The number of aliphatic hydroxyl groups excluding tert-OH is 1. The summed E-state index contributed by atoms with van der Waals surface area (Å²) in [6.07, 6.45) is 2.14. The van der Waals surface area contributed by atoms with E-state index in [0.29, 0.717) is 0 Å². The van der Waals surface area contributed by atoms with E-state index in [2.05, 4.69) is 20.8 Å². The number of aliphatic hydroxyl groups is 1. The van der Waals surface area contributed by atoms with E-state index >= 15 is 0 Å². The summed E-state index contributed by atoms with van der Waals surface area (Å²) >= 11 is 3.41. The molecule has 1 aromatic carbocycles. The van der Waals surface area contributed by atoms with Gasteiger partial charge in [0.05, 0.1) is 12.2 Å². The summed E-state index contributed by atoms with van der Waals surface area (Å²) in [6.45, 7) is 1.91. The summed E-state index contributed by atoms with van der Waals surface area (Å²) in [5.74, 6) is -0.920. The van der Waals surface area contributed by atoms with Crippen LogP contribution in [0, 0.1) is 0 Å². The third-order valence-corrected chi connectivity index (χ3v) is 4.12. The molecule has 2 rings (SSSR count). The van der Waals surface area contributed by atoms with E-state index in [9.17, 15) is 9.90 Å². The smallest absolute Gasteiger partial charge is 0.335 e. The lowest BCUT2D eigenvalue weighted by atomic mass is 10.1. The van der Waals surface area contributed by atoms with Gasteiger partial charge in [-0.05, 0) is 37.1 Å². The molecule has 1 fully saturated rings. The minimum absolute atomic E-state index is 0.185. The Labute approximate surface area is 114 Å². The summed E-state index contributed by atoms with van der Waals surface area (Å²) in [5.41, 5.74) is 1.34. The predicted molar refractivity (Wildman–Crippen MR) is 71.6 cm³/mol. The molecule has 1 unspecified atom stereocenters. The van der Waals surface area contributed by atoms with Crippen LogP contribution in [0.25, 0.3) is 0 Å². The lowest BCUT2D eigenvalue weighted by Gasteiger charge is -2.23. The third-order valence-electron chi connectivity index (χ3n) is 3.38. The molecule has 1 aliphatic heterocycles. The average Bonchev–Trinajstić information content (AvgIpc) is 2.78. The quantitative estimate of drug-likeness (QED) is 0.893. The highest BCUT2D eigenvalue weighted by molar-refractivity contribution is 9.10. The second-order valence-corrected chi connectivity index (χ2v) is 5.41. The van der Waals surface area contributed by atoms with Gasteiger partial charge in [-0.3, -0.25) is 4.90 Å². The zero-order valence-corrected chi connectivity index (χ0v) is 11.6. The van der Waals surface area contributed by atoms with E-state index in [0.717, 1.165) is 36.0 Å². The Morgan fingerprint density at radius 2 is 2.28 bits per heavy atom. The molecule has 0 aromatic heterocycles. The molecule has 0 saturated carbocycles. The van der Waals surface area contributed by atoms with Crippen molar-refractivity contribution in [1.29, 1.82) is 0 Å². The van der Waals surface area contributed by atoms with E-state index < -0.39 is 5.97 Å². The number of carboxylic acid groups (broad SMARTS) is 1. The first-order valence-electron chi connectivity index (χ1n) is 5.98. The Morgan fingerprint density at radius 1 is 1.50 bits per heavy atom. The average molecular weight is 314 g/mol. The van der Waals surface area contributed by atoms with Gasteiger partial charge < -0.3 is 10.2 Å². The molecule has 1 heterocycles. The molecule has 18 heavy (non-hydrogen) atoms.